The lowest BCUT2D eigenvalue weighted by atomic mass is 10.0. The van der Waals surface area contributed by atoms with Crippen molar-refractivity contribution in [1.82, 2.24) is 19.7 Å². The summed E-state index contributed by atoms with van der Waals surface area (Å²) in [6.07, 6.45) is 4.96. The van der Waals surface area contributed by atoms with Crippen LogP contribution < -0.4 is 0 Å². The van der Waals surface area contributed by atoms with Gasteiger partial charge in [-0.15, -0.1) is 11.3 Å². The van der Waals surface area contributed by atoms with Gasteiger partial charge < -0.3 is 14.5 Å². The molecule has 0 bridgehead atoms. The van der Waals surface area contributed by atoms with E-state index in [1.807, 2.05) is 18.7 Å². The van der Waals surface area contributed by atoms with E-state index in [2.05, 4.69) is 14.8 Å². The molecule has 2 saturated heterocycles. The zero-order valence-corrected chi connectivity index (χ0v) is 19.1. The second-order valence-electron chi connectivity index (χ2n) is 8.81. The minimum Gasteiger partial charge on any atom is -0.379 e. The van der Waals surface area contributed by atoms with Crippen LogP contribution in [0.2, 0.25) is 0 Å². The van der Waals surface area contributed by atoms with E-state index in [9.17, 15) is 9.59 Å². The molecule has 1 aromatic rings. The fourth-order valence-electron chi connectivity index (χ4n) is 4.59. The maximum atomic E-state index is 13.1. The van der Waals surface area contributed by atoms with Crippen LogP contribution in [0.1, 0.15) is 52.5 Å². The number of piperidine rings is 1. The highest BCUT2D eigenvalue weighted by Gasteiger charge is 2.38. The monoisotopic (exact) mass is 434 g/mol. The van der Waals surface area contributed by atoms with Crippen molar-refractivity contribution in [2.75, 3.05) is 52.5 Å². The third kappa shape index (κ3) is 5.21. The molecule has 3 heterocycles. The van der Waals surface area contributed by atoms with Crippen molar-refractivity contribution in [2.24, 2.45) is 5.92 Å². The van der Waals surface area contributed by atoms with Crippen LogP contribution in [-0.2, 0) is 9.53 Å². The third-order valence-corrected chi connectivity index (χ3v) is 7.47. The quantitative estimate of drug-likeness (QED) is 0.659. The number of rotatable bonds is 7. The molecular weight excluding hydrogens is 400 g/mol. The van der Waals surface area contributed by atoms with Gasteiger partial charge in [-0.25, -0.2) is 4.98 Å². The Hall–Kier alpha value is -1.51. The lowest BCUT2D eigenvalue weighted by molar-refractivity contribution is -0.136. The summed E-state index contributed by atoms with van der Waals surface area (Å²) in [6.45, 7) is 10.6. The van der Waals surface area contributed by atoms with Gasteiger partial charge in [0.15, 0.2) is 0 Å². The first-order valence-corrected chi connectivity index (χ1v) is 12.2. The Bertz CT molecular complexity index is 758. The first kappa shape index (κ1) is 21.7. The lowest BCUT2D eigenvalue weighted by Gasteiger charge is -2.40. The highest BCUT2D eigenvalue weighted by molar-refractivity contribution is 7.13. The average molecular weight is 435 g/mol. The number of nitrogens with zero attached hydrogens (tertiary/aromatic N) is 4. The third-order valence-electron chi connectivity index (χ3n) is 6.41. The molecule has 0 radical (unpaired) electrons. The predicted molar refractivity (Wildman–Crippen MR) is 117 cm³/mol. The van der Waals surface area contributed by atoms with E-state index in [0.717, 1.165) is 93.6 Å². The molecule has 3 fully saturated rings. The molecule has 1 aliphatic carbocycles. The van der Waals surface area contributed by atoms with Crippen LogP contribution in [0.5, 0.6) is 0 Å². The second kappa shape index (κ2) is 9.75. The SMILES string of the molecule is Cc1nc(C)c(C(=O)N2CCCC(N(CCCN3CCOCC3)C(=O)C3CC3)C2)s1. The van der Waals surface area contributed by atoms with Crippen LogP contribution >= 0.6 is 11.3 Å². The van der Waals surface area contributed by atoms with Crippen molar-refractivity contribution in [3.8, 4) is 0 Å². The van der Waals surface area contributed by atoms with Crippen LogP contribution in [0.25, 0.3) is 0 Å². The summed E-state index contributed by atoms with van der Waals surface area (Å²) >= 11 is 1.48. The predicted octanol–water partition coefficient (Wildman–Crippen LogP) is 2.33. The number of aromatic nitrogens is 1. The fraction of sp³-hybridized carbons (Fsp3) is 0.773. The second-order valence-corrected chi connectivity index (χ2v) is 10.0. The molecule has 0 spiro atoms. The van der Waals surface area contributed by atoms with Gasteiger partial charge in [-0.2, -0.15) is 0 Å². The van der Waals surface area contributed by atoms with Gasteiger partial charge in [0.1, 0.15) is 4.88 Å². The first-order chi connectivity index (χ1) is 14.5. The summed E-state index contributed by atoms with van der Waals surface area (Å²) in [7, 11) is 0. The Morgan fingerprint density at radius 2 is 1.93 bits per heavy atom. The fourth-order valence-corrected chi connectivity index (χ4v) is 5.48. The van der Waals surface area contributed by atoms with Crippen molar-refractivity contribution in [3.63, 3.8) is 0 Å². The Morgan fingerprint density at radius 1 is 1.17 bits per heavy atom. The minimum absolute atomic E-state index is 0.0786. The standard InChI is InChI=1S/C22H34N4O3S/c1-16-20(30-17(2)23-16)22(28)25-9-3-5-19(15-25)26(21(27)18-6-7-18)10-4-8-24-11-13-29-14-12-24/h18-19H,3-15H2,1-2H3. The molecule has 8 heteroatoms. The van der Waals surface area contributed by atoms with Gasteiger partial charge in [-0.3, -0.25) is 14.5 Å². The molecule has 30 heavy (non-hydrogen) atoms. The number of aryl methyl sites for hydroxylation is 2. The number of carbonyl (C=O) groups excluding carboxylic acids is 2. The zero-order valence-electron chi connectivity index (χ0n) is 18.3. The number of carbonyl (C=O) groups is 2. The van der Waals surface area contributed by atoms with Gasteiger partial charge in [0.05, 0.1) is 23.9 Å². The van der Waals surface area contributed by atoms with Crippen LogP contribution in [0, 0.1) is 19.8 Å². The van der Waals surface area contributed by atoms with Crippen molar-refractivity contribution in [3.05, 3.63) is 15.6 Å². The minimum atomic E-state index is 0.0786. The zero-order chi connectivity index (χ0) is 21.1. The van der Waals surface area contributed by atoms with Crippen LogP contribution in [0.15, 0.2) is 0 Å². The number of thiazole rings is 1. The van der Waals surface area contributed by atoms with Gasteiger partial charge in [0.25, 0.3) is 5.91 Å². The van der Waals surface area contributed by atoms with Gasteiger partial charge in [-0.05, 0) is 46.0 Å². The van der Waals surface area contributed by atoms with Crippen molar-refractivity contribution >= 4 is 23.2 Å². The van der Waals surface area contributed by atoms with E-state index in [-0.39, 0.29) is 17.9 Å². The summed E-state index contributed by atoms with van der Waals surface area (Å²) in [4.78, 5) is 37.8. The summed E-state index contributed by atoms with van der Waals surface area (Å²) in [5.41, 5.74) is 0.820. The van der Waals surface area contributed by atoms with Crippen LogP contribution in [0.3, 0.4) is 0 Å². The number of morpholine rings is 1. The van der Waals surface area contributed by atoms with Gasteiger partial charge in [0.2, 0.25) is 5.91 Å². The number of amides is 2. The van der Waals surface area contributed by atoms with E-state index in [1.165, 1.54) is 11.3 Å². The molecule has 1 unspecified atom stereocenters. The maximum Gasteiger partial charge on any atom is 0.265 e. The Kier molecular flexibility index (Phi) is 7.05. The molecule has 0 aromatic carbocycles. The molecule has 1 atom stereocenters. The molecule has 3 aliphatic rings. The summed E-state index contributed by atoms with van der Waals surface area (Å²) in [5.74, 6) is 0.599. The highest BCUT2D eigenvalue weighted by atomic mass is 32.1. The molecule has 7 nitrogen and oxygen atoms in total. The Morgan fingerprint density at radius 3 is 2.60 bits per heavy atom. The first-order valence-electron chi connectivity index (χ1n) is 11.4. The summed E-state index contributed by atoms with van der Waals surface area (Å²) < 4.78 is 5.43. The number of hydrogen-bond donors (Lipinski definition) is 0. The average Bonchev–Trinajstić information content (AvgIpc) is 3.55. The summed E-state index contributed by atoms with van der Waals surface area (Å²) in [6, 6.07) is 0.134. The molecular formula is C22H34N4O3S. The van der Waals surface area contributed by atoms with E-state index < -0.39 is 0 Å². The molecule has 4 rings (SSSR count). The normalized spacial score (nSPS) is 22.9. The lowest BCUT2D eigenvalue weighted by Crippen LogP contribution is -2.52. The largest absolute Gasteiger partial charge is 0.379 e. The molecule has 166 valence electrons. The number of hydrogen-bond acceptors (Lipinski definition) is 6. The maximum absolute atomic E-state index is 13.1. The smallest absolute Gasteiger partial charge is 0.265 e. The van der Waals surface area contributed by atoms with Gasteiger partial charge >= 0.3 is 0 Å². The molecule has 2 aliphatic heterocycles. The number of likely N-dealkylation sites (tertiary alicyclic amines) is 1. The van der Waals surface area contributed by atoms with Crippen LogP contribution in [-0.4, -0.2) is 90.0 Å². The Labute approximate surface area is 183 Å². The molecule has 1 aromatic heterocycles. The van der Waals surface area contributed by atoms with Gasteiger partial charge in [0, 0.05) is 51.2 Å². The highest BCUT2D eigenvalue weighted by Crippen LogP contribution is 2.33. The van der Waals surface area contributed by atoms with E-state index in [0.29, 0.717) is 12.5 Å². The molecule has 0 N–H and O–H groups in total. The van der Waals surface area contributed by atoms with Crippen molar-refractivity contribution in [1.29, 1.82) is 0 Å². The number of ether oxygens (including phenoxy) is 1. The van der Waals surface area contributed by atoms with Gasteiger partial charge in [-0.1, -0.05) is 0 Å². The van der Waals surface area contributed by atoms with E-state index in [4.69, 9.17) is 4.74 Å². The van der Waals surface area contributed by atoms with Crippen LogP contribution in [0.4, 0.5) is 0 Å². The molecule has 2 amide bonds. The van der Waals surface area contributed by atoms with Crippen molar-refractivity contribution in [2.45, 2.75) is 52.0 Å². The topological polar surface area (TPSA) is 66.0 Å². The summed E-state index contributed by atoms with van der Waals surface area (Å²) in [5, 5.41) is 0.929. The van der Waals surface area contributed by atoms with E-state index in [1.54, 1.807) is 0 Å². The molecule has 1 saturated carbocycles. The Balaban J connectivity index is 1.38. The van der Waals surface area contributed by atoms with E-state index >= 15 is 0 Å². The van der Waals surface area contributed by atoms with Crippen molar-refractivity contribution < 1.29 is 14.3 Å².